The number of pyridine rings is 1. The number of ether oxygens (including phenoxy) is 1. The molecule has 2 heterocycles. The summed E-state index contributed by atoms with van der Waals surface area (Å²) in [5.41, 5.74) is 0.857. The lowest BCUT2D eigenvalue weighted by Crippen LogP contribution is -2.38. The summed E-state index contributed by atoms with van der Waals surface area (Å²) in [4.78, 5) is 45.1. The van der Waals surface area contributed by atoms with Crippen LogP contribution in [0.3, 0.4) is 0 Å². The first-order chi connectivity index (χ1) is 17.9. The average molecular weight is 520 g/mol. The van der Waals surface area contributed by atoms with Gasteiger partial charge in [0.05, 0.1) is 23.9 Å². The summed E-state index contributed by atoms with van der Waals surface area (Å²) in [7, 11) is 1.48. The molecule has 0 saturated carbocycles. The van der Waals surface area contributed by atoms with Crippen molar-refractivity contribution in [1.82, 2.24) is 14.4 Å². The SMILES string of the molecule is CCN(CC)CCN(CC)C(=O)c1sc2c(c1OC)c(=O)n(CC(=O)c1ccccc1)c1ccccc21. The molecule has 37 heavy (non-hydrogen) atoms. The van der Waals surface area contributed by atoms with E-state index in [-0.39, 0.29) is 29.5 Å². The van der Waals surface area contributed by atoms with Crippen LogP contribution >= 0.6 is 11.3 Å². The maximum absolute atomic E-state index is 13.9. The molecule has 0 aliphatic carbocycles. The number of Topliss-reactive ketones (excluding diaryl/α,β-unsaturated/α-hetero) is 1. The maximum atomic E-state index is 13.9. The summed E-state index contributed by atoms with van der Waals surface area (Å²) in [6.07, 6.45) is 0. The second-order valence-electron chi connectivity index (χ2n) is 8.78. The molecule has 1 amide bonds. The molecule has 0 atom stereocenters. The Balaban J connectivity index is 1.83. The zero-order valence-electron chi connectivity index (χ0n) is 21.8. The Kier molecular flexibility index (Phi) is 8.41. The summed E-state index contributed by atoms with van der Waals surface area (Å²) in [5, 5.41) is 1.15. The number of fused-ring (bicyclic) bond motifs is 3. The number of hydrogen-bond donors (Lipinski definition) is 0. The standard InChI is InChI=1S/C29H33N3O4S/c1-5-30(6-2)17-18-31(7-3)29(35)27-25(36-4)24-26(37-27)21-15-11-12-16-22(21)32(28(24)34)19-23(33)20-13-9-8-10-14-20/h8-16H,5-7,17-19H2,1-4H3. The summed E-state index contributed by atoms with van der Waals surface area (Å²) in [6.45, 7) is 9.81. The third-order valence-corrected chi connectivity index (χ3v) is 8.00. The van der Waals surface area contributed by atoms with Crippen LogP contribution in [0.25, 0.3) is 21.0 Å². The molecule has 0 saturated heterocycles. The first-order valence-corrected chi connectivity index (χ1v) is 13.5. The first-order valence-electron chi connectivity index (χ1n) is 12.7. The lowest BCUT2D eigenvalue weighted by atomic mass is 10.1. The monoisotopic (exact) mass is 519 g/mol. The van der Waals surface area contributed by atoms with Crippen LogP contribution < -0.4 is 10.3 Å². The molecular formula is C29H33N3O4S. The largest absolute Gasteiger partial charge is 0.494 e. The van der Waals surface area contributed by atoms with Gasteiger partial charge in [0, 0.05) is 30.6 Å². The van der Waals surface area contributed by atoms with Crippen LogP contribution in [0, 0.1) is 0 Å². The van der Waals surface area contributed by atoms with E-state index in [2.05, 4.69) is 18.7 Å². The molecule has 0 N–H and O–H groups in total. The van der Waals surface area contributed by atoms with Gasteiger partial charge in [-0.3, -0.25) is 19.0 Å². The third-order valence-electron chi connectivity index (χ3n) is 6.81. The third kappa shape index (κ3) is 5.17. The topological polar surface area (TPSA) is 71.8 Å². The predicted molar refractivity (Wildman–Crippen MR) is 150 cm³/mol. The van der Waals surface area contributed by atoms with Crippen molar-refractivity contribution < 1.29 is 14.3 Å². The lowest BCUT2D eigenvalue weighted by molar-refractivity contribution is 0.0748. The molecule has 0 aliphatic heterocycles. The molecule has 0 fully saturated rings. The minimum absolute atomic E-state index is 0.105. The molecule has 194 valence electrons. The number of para-hydroxylation sites is 1. The zero-order valence-corrected chi connectivity index (χ0v) is 22.6. The summed E-state index contributed by atoms with van der Waals surface area (Å²) < 4.78 is 7.90. The van der Waals surface area contributed by atoms with Gasteiger partial charge in [0.25, 0.3) is 11.5 Å². The van der Waals surface area contributed by atoms with Gasteiger partial charge in [-0.25, -0.2) is 0 Å². The van der Waals surface area contributed by atoms with Crippen molar-refractivity contribution in [3.63, 3.8) is 0 Å². The van der Waals surface area contributed by atoms with Crippen molar-refractivity contribution in [2.45, 2.75) is 27.3 Å². The van der Waals surface area contributed by atoms with Gasteiger partial charge in [-0.15, -0.1) is 11.3 Å². The Hall–Kier alpha value is -3.49. The Labute approximate surface area is 220 Å². The van der Waals surface area contributed by atoms with Crippen molar-refractivity contribution >= 4 is 44.0 Å². The fraction of sp³-hybridized carbons (Fsp3) is 0.345. The number of ketones is 1. The number of nitrogens with zero attached hydrogens (tertiary/aromatic N) is 3. The smallest absolute Gasteiger partial charge is 0.267 e. The number of aromatic nitrogens is 1. The Bertz CT molecular complexity index is 1470. The van der Waals surface area contributed by atoms with Crippen molar-refractivity contribution in [2.75, 3.05) is 39.8 Å². The zero-order chi connectivity index (χ0) is 26.5. The number of rotatable bonds is 11. The van der Waals surface area contributed by atoms with E-state index in [1.807, 2.05) is 37.3 Å². The van der Waals surface area contributed by atoms with Crippen LogP contribution in [0.5, 0.6) is 5.75 Å². The second-order valence-corrected chi connectivity index (χ2v) is 9.80. The van der Waals surface area contributed by atoms with E-state index in [0.717, 1.165) is 25.0 Å². The van der Waals surface area contributed by atoms with E-state index in [0.29, 0.717) is 39.1 Å². The van der Waals surface area contributed by atoms with Gasteiger partial charge in [0.1, 0.15) is 10.3 Å². The highest BCUT2D eigenvalue weighted by Crippen LogP contribution is 2.40. The van der Waals surface area contributed by atoms with Crippen molar-refractivity contribution in [3.8, 4) is 5.75 Å². The quantitative estimate of drug-likeness (QED) is 0.263. The van der Waals surface area contributed by atoms with Crippen molar-refractivity contribution in [1.29, 1.82) is 0 Å². The molecule has 4 rings (SSSR count). The van der Waals surface area contributed by atoms with Gasteiger partial charge in [-0.1, -0.05) is 62.4 Å². The molecule has 4 aromatic rings. The van der Waals surface area contributed by atoms with E-state index >= 15 is 0 Å². The van der Waals surface area contributed by atoms with Gasteiger partial charge in [0.2, 0.25) is 0 Å². The van der Waals surface area contributed by atoms with Crippen molar-refractivity contribution in [2.24, 2.45) is 0 Å². The molecule has 0 bridgehead atoms. The highest BCUT2D eigenvalue weighted by atomic mass is 32.1. The fourth-order valence-electron chi connectivity index (χ4n) is 4.65. The molecule has 8 heteroatoms. The van der Waals surface area contributed by atoms with Crippen LogP contribution in [0.15, 0.2) is 59.4 Å². The number of hydrogen-bond acceptors (Lipinski definition) is 6. The van der Waals surface area contributed by atoms with E-state index in [1.165, 1.54) is 23.0 Å². The van der Waals surface area contributed by atoms with Crippen LogP contribution in [0.2, 0.25) is 0 Å². The summed E-state index contributed by atoms with van der Waals surface area (Å²) in [5.74, 6) is -0.0303. The van der Waals surface area contributed by atoms with Crippen molar-refractivity contribution in [3.05, 3.63) is 75.4 Å². The Morgan fingerprint density at radius 3 is 2.24 bits per heavy atom. The van der Waals surface area contributed by atoms with E-state index < -0.39 is 0 Å². The fourth-order valence-corrected chi connectivity index (χ4v) is 5.91. The normalized spacial score (nSPS) is 11.4. The highest BCUT2D eigenvalue weighted by Gasteiger charge is 2.28. The number of benzene rings is 2. The molecule has 0 spiro atoms. The minimum atomic E-state index is -0.337. The highest BCUT2D eigenvalue weighted by molar-refractivity contribution is 7.22. The van der Waals surface area contributed by atoms with Gasteiger partial charge < -0.3 is 14.5 Å². The number of amides is 1. The maximum Gasteiger partial charge on any atom is 0.267 e. The van der Waals surface area contributed by atoms with Gasteiger partial charge in [-0.05, 0) is 26.1 Å². The molecule has 0 radical (unpaired) electrons. The molecule has 2 aromatic carbocycles. The van der Waals surface area contributed by atoms with E-state index in [1.54, 1.807) is 29.2 Å². The van der Waals surface area contributed by atoms with Crippen LogP contribution in [0.4, 0.5) is 0 Å². The van der Waals surface area contributed by atoms with Gasteiger partial charge in [-0.2, -0.15) is 0 Å². The first kappa shape index (κ1) is 26.6. The molecular weight excluding hydrogens is 486 g/mol. The number of thiophene rings is 1. The average Bonchev–Trinajstić information content (AvgIpc) is 3.34. The number of likely N-dealkylation sites (N-methyl/N-ethyl adjacent to an activating group) is 2. The lowest BCUT2D eigenvalue weighted by Gasteiger charge is -2.25. The predicted octanol–water partition coefficient (Wildman–Crippen LogP) is 4.91. The number of methoxy groups -OCH3 is 1. The second kappa shape index (κ2) is 11.7. The van der Waals surface area contributed by atoms with E-state index in [4.69, 9.17) is 4.74 Å². The van der Waals surface area contributed by atoms with Crippen LogP contribution in [-0.2, 0) is 6.54 Å². The van der Waals surface area contributed by atoms with Crippen LogP contribution in [-0.4, -0.2) is 65.9 Å². The Morgan fingerprint density at radius 2 is 1.59 bits per heavy atom. The molecule has 0 unspecified atom stereocenters. The summed E-state index contributed by atoms with van der Waals surface area (Å²) >= 11 is 1.29. The number of carbonyl (C=O) groups is 2. The minimum Gasteiger partial charge on any atom is -0.494 e. The number of carbonyl (C=O) groups excluding carboxylic acids is 2. The van der Waals surface area contributed by atoms with Crippen LogP contribution in [0.1, 0.15) is 40.8 Å². The summed E-state index contributed by atoms with van der Waals surface area (Å²) in [6, 6.07) is 16.4. The molecule has 0 aliphatic rings. The van der Waals surface area contributed by atoms with E-state index in [9.17, 15) is 14.4 Å². The Morgan fingerprint density at radius 1 is 0.919 bits per heavy atom. The van der Waals surface area contributed by atoms with Gasteiger partial charge in [0.15, 0.2) is 11.5 Å². The molecule has 7 nitrogen and oxygen atoms in total. The molecule has 2 aromatic heterocycles. The van der Waals surface area contributed by atoms with Gasteiger partial charge >= 0.3 is 0 Å².